The van der Waals surface area contributed by atoms with Crippen molar-refractivity contribution in [3.8, 4) is 5.75 Å². The van der Waals surface area contributed by atoms with Crippen LogP contribution in [-0.4, -0.2) is 16.1 Å². The van der Waals surface area contributed by atoms with E-state index in [0.29, 0.717) is 11.0 Å². The number of anilines is 1. The van der Waals surface area contributed by atoms with E-state index in [0.717, 1.165) is 19.3 Å². The number of nitro groups is 1. The fourth-order valence-electron chi connectivity index (χ4n) is 2.59. The molecule has 1 saturated carbocycles. The molecule has 0 unspecified atom stereocenters. The zero-order chi connectivity index (χ0) is 15.4. The summed E-state index contributed by atoms with van der Waals surface area (Å²) in [4.78, 5) is 10.2. The van der Waals surface area contributed by atoms with Gasteiger partial charge in [0.25, 0.3) is 5.69 Å². The zero-order valence-electron chi connectivity index (χ0n) is 11.8. The van der Waals surface area contributed by atoms with Crippen LogP contribution in [0.15, 0.2) is 18.2 Å². The fourth-order valence-corrected chi connectivity index (χ4v) is 2.85. The Balaban J connectivity index is 2.02. The topological polar surface area (TPSA) is 90.3 Å². The van der Waals surface area contributed by atoms with Gasteiger partial charge < -0.3 is 15.7 Å². The van der Waals surface area contributed by atoms with Gasteiger partial charge in [0.15, 0.2) is 5.11 Å². The summed E-state index contributed by atoms with van der Waals surface area (Å²) >= 11 is 5.21. The molecule has 6 nitrogen and oxygen atoms in total. The fraction of sp³-hybridized carbons (Fsp3) is 0.500. The number of non-ortho nitro benzene ring substituents is 1. The normalized spacial score (nSPS) is 21.6. The summed E-state index contributed by atoms with van der Waals surface area (Å²) in [5, 5.41) is 28.8. The molecule has 1 aliphatic carbocycles. The molecule has 0 spiro atoms. The van der Waals surface area contributed by atoms with Crippen LogP contribution in [0.5, 0.6) is 5.75 Å². The van der Waals surface area contributed by atoms with Gasteiger partial charge in [-0.1, -0.05) is 31.6 Å². The monoisotopic (exact) mass is 308 g/mol. The Hall–Kier alpha value is -1.89. The maximum Gasteiger partial charge on any atom is 0.271 e. The number of nitro benzene ring substituents is 1. The van der Waals surface area contributed by atoms with Gasteiger partial charge >= 0.3 is 0 Å². The smallest absolute Gasteiger partial charge is 0.271 e. The van der Waals surface area contributed by atoms with Crippen LogP contribution in [-0.2, 0) is 0 Å². The molecule has 0 saturated heterocycles. The highest BCUT2D eigenvalue weighted by atomic mass is 32.1. The van der Waals surface area contributed by atoms with Gasteiger partial charge in [-0.05, 0) is 31.0 Å². The highest BCUT2D eigenvalue weighted by Gasteiger charge is 2.21. The van der Waals surface area contributed by atoms with Crippen LogP contribution in [0.3, 0.4) is 0 Å². The molecule has 1 aliphatic rings. The molecule has 114 valence electrons. The Labute approximate surface area is 128 Å². The maximum atomic E-state index is 11.7. The van der Waals surface area contributed by atoms with Gasteiger partial charge in [0, 0.05) is 23.9 Å². The van der Waals surface area contributed by atoms with E-state index in [1.807, 2.05) is 0 Å². The first-order chi connectivity index (χ1) is 9.97. The third-order valence-corrected chi connectivity index (χ3v) is 4.07. The van der Waals surface area contributed by atoms with Gasteiger partial charge in [0.05, 0.1) is 4.92 Å². The molecule has 2 N–H and O–H groups in total. The molecule has 0 amide bonds. The average Bonchev–Trinajstić information content (AvgIpc) is 2.43. The number of rotatable bonds is 3. The molecule has 0 heterocycles. The number of hydrogen-bond acceptors (Lipinski definition) is 4. The summed E-state index contributed by atoms with van der Waals surface area (Å²) < 4.78 is 0. The van der Waals surface area contributed by atoms with Crippen LogP contribution in [0.2, 0.25) is 0 Å². The molecular formula is C14H18N3O3S-. The van der Waals surface area contributed by atoms with Crippen LogP contribution in [0.1, 0.15) is 32.6 Å². The minimum atomic E-state index is -0.537. The van der Waals surface area contributed by atoms with Crippen LogP contribution < -0.4 is 15.7 Å². The van der Waals surface area contributed by atoms with Crippen molar-refractivity contribution in [3.05, 3.63) is 28.3 Å². The number of nitrogens with one attached hydrogen (secondary N) is 2. The lowest BCUT2D eigenvalue weighted by molar-refractivity contribution is -0.385. The second kappa shape index (κ2) is 6.71. The SMILES string of the molecule is C[C@H]1CCCC[C@H]1NC(=S)Nc1cc([N+](=O)[O-])ccc1[O-]. The Morgan fingerprint density at radius 3 is 2.76 bits per heavy atom. The van der Waals surface area contributed by atoms with Crippen LogP contribution in [0.25, 0.3) is 0 Å². The molecule has 21 heavy (non-hydrogen) atoms. The van der Waals surface area contributed by atoms with Gasteiger partial charge in [-0.25, -0.2) is 0 Å². The predicted octanol–water partition coefficient (Wildman–Crippen LogP) is 2.53. The first-order valence-electron chi connectivity index (χ1n) is 7.00. The van der Waals surface area contributed by atoms with Crippen LogP contribution >= 0.6 is 12.2 Å². The van der Waals surface area contributed by atoms with Gasteiger partial charge in [0.1, 0.15) is 0 Å². The minimum Gasteiger partial charge on any atom is -0.871 e. The van der Waals surface area contributed by atoms with Crippen molar-refractivity contribution in [2.45, 2.75) is 38.6 Å². The third-order valence-electron chi connectivity index (χ3n) is 3.85. The van der Waals surface area contributed by atoms with Crippen LogP contribution in [0.4, 0.5) is 11.4 Å². The molecule has 1 fully saturated rings. The van der Waals surface area contributed by atoms with E-state index in [1.54, 1.807) is 0 Å². The van der Waals surface area contributed by atoms with Gasteiger partial charge in [-0.3, -0.25) is 10.1 Å². The van der Waals surface area contributed by atoms with E-state index in [2.05, 4.69) is 17.6 Å². The molecule has 0 bridgehead atoms. The van der Waals surface area contributed by atoms with Crippen molar-refractivity contribution in [3.63, 3.8) is 0 Å². The molecular weight excluding hydrogens is 290 g/mol. The quantitative estimate of drug-likeness (QED) is 0.506. The minimum absolute atomic E-state index is 0.130. The number of nitrogens with zero attached hydrogens (tertiary/aromatic N) is 1. The molecule has 0 aliphatic heterocycles. The van der Waals surface area contributed by atoms with E-state index >= 15 is 0 Å². The Morgan fingerprint density at radius 1 is 1.38 bits per heavy atom. The van der Waals surface area contributed by atoms with Crippen molar-refractivity contribution in [2.24, 2.45) is 5.92 Å². The van der Waals surface area contributed by atoms with Gasteiger partial charge in [-0.15, -0.1) is 0 Å². The molecule has 1 aromatic rings. The summed E-state index contributed by atoms with van der Waals surface area (Å²) in [6.45, 7) is 2.17. The van der Waals surface area contributed by atoms with Crippen molar-refractivity contribution in [1.29, 1.82) is 0 Å². The zero-order valence-corrected chi connectivity index (χ0v) is 12.6. The van der Waals surface area contributed by atoms with E-state index in [1.165, 1.54) is 24.6 Å². The van der Waals surface area contributed by atoms with Crippen molar-refractivity contribution in [2.75, 3.05) is 5.32 Å². The molecule has 1 aromatic carbocycles. The van der Waals surface area contributed by atoms with E-state index in [4.69, 9.17) is 12.2 Å². The molecule has 0 aromatic heterocycles. The lowest BCUT2D eigenvalue weighted by atomic mass is 9.86. The highest BCUT2D eigenvalue weighted by molar-refractivity contribution is 7.80. The Morgan fingerprint density at radius 2 is 2.10 bits per heavy atom. The Kier molecular flexibility index (Phi) is 4.95. The van der Waals surface area contributed by atoms with Gasteiger partial charge in [0.2, 0.25) is 0 Å². The van der Waals surface area contributed by atoms with E-state index in [9.17, 15) is 15.2 Å². The molecule has 7 heteroatoms. The van der Waals surface area contributed by atoms with Crippen molar-refractivity contribution < 1.29 is 10.0 Å². The molecule has 2 atom stereocenters. The lowest BCUT2D eigenvalue weighted by Crippen LogP contribution is -2.43. The van der Waals surface area contributed by atoms with Crippen LogP contribution in [0, 0.1) is 16.0 Å². The summed E-state index contributed by atoms with van der Waals surface area (Å²) in [5.41, 5.74) is -0.00361. The maximum absolute atomic E-state index is 11.7. The lowest BCUT2D eigenvalue weighted by Gasteiger charge is -2.30. The first-order valence-corrected chi connectivity index (χ1v) is 7.41. The average molecular weight is 308 g/mol. The number of benzene rings is 1. The van der Waals surface area contributed by atoms with Gasteiger partial charge in [-0.2, -0.15) is 0 Å². The summed E-state index contributed by atoms with van der Waals surface area (Å²) in [6.07, 6.45) is 4.59. The van der Waals surface area contributed by atoms with Crippen molar-refractivity contribution in [1.82, 2.24) is 5.32 Å². The van der Waals surface area contributed by atoms with Crippen molar-refractivity contribution >= 4 is 28.7 Å². The highest BCUT2D eigenvalue weighted by Crippen LogP contribution is 2.26. The predicted molar refractivity (Wildman–Crippen MR) is 83.3 cm³/mol. The Bertz CT molecular complexity index is 550. The number of thiocarbonyl (C=S) groups is 1. The summed E-state index contributed by atoms with van der Waals surface area (Å²) in [7, 11) is 0. The largest absolute Gasteiger partial charge is 0.871 e. The number of hydrogen-bond donors (Lipinski definition) is 2. The van der Waals surface area contributed by atoms with E-state index in [-0.39, 0.29) is 23.2 Å². The van der Waals surface area contributed by atoms with E-state index < -0.39 is 4.92 Å². The molecule has 2 rings (SSSR count). The summed E-state index contributed by atoms with van der Waals surface area (Å²) in [6, 6.07) is 3.85. The first kappa shape index (κ1) is 15.5. The third kappa shape index (κ3) is 4.04. The molecule has 0 radical (unpaired) electrons. The second-order valence-electron chi connectivity index (χ2n) is 5.40. The summed E-state index contributed by atoms with van der Waals surface area (Å²) in [5.74, 6) is 0.205. The standard InChI is InChI=1S/C14H19N3O3S/c1-9-4-2-3-5-11(9)15-14(21)16-12-8-10(17(19)20)6-7-13(12)18/h6-9,11,18H,2-5H2,1H3,(H2,15,16,21)/p-1/t9-,11+/m0/s1. The second-order valence-corrected chi connectivity index (χ2v) is 5.81.